The predicted octanol–water partition coefficient (Wildman–Crippen LogP) is 1.07. The Morgan fingerprint density at radius 1 is 1.08 bits per heavy atom. The van der Waals surface area contributed by atoms with Crippen molar-refractivity contribution in [3.8, 4) is 0 Å². The molecule has 0 radical (unpaired) electrons. The second-order valence-corrected chi connectivity index (χ2v) is 6.64. The van der Waals surface area contributed by atoms with E-state index in [9.17, 15) is 4.79 Å². The Morgan fingerprint density at radius 2 is 1.96 bits per heavy atom. The van der Waals surface area contributed by atoms with Crippen molar-refractivity contribution in [2.24, 2.45) is 0 Å². The number of thiophene rings is 1. The number of fused-ring (bicyclic) bond motifs is 1. The molecule has 1 aliphatic heterocycles. The van der Waals surface area contributed by atoms with E-state index in [-0.39, 0.29) is 5.56 Å². The van der Waals surface area contributed by atoms with E-state index in [0.717, 1.165) is 48.8 Å². The van der Waals surface area contributed by atoms with Crippen LogP contribution in [0.4, 0.5) is 5.82 Å². The van der Waals surface area contributed by atoms with Gasteiger partial charge in [-0.2, -0.15) is 5.10 Å². The van der Waals surface area contributed by atoms with E-state index < -0.39 is 0 Å². The van der Waals surface area contributed by atoms with Gasteiger partial charge >= 0.3 is 0 Å². The highest BCUT2D eigenvalue weighted by Gasteiger charge is 2.20. The molecule has 3 aromatic rings. The molecule has 0 bridgehead atoms. The summed E-state index contributed by atoms with van der Waals surface area (Å²) >= 11 is 1.65. The maximum atomic E-state index is 11.7. The normalized spacial score (nSPS) is 15.9. The molecule has 4 heterocycles. The summed E-state index contributed by atoms with van der Waals surface area (Å²) in [5.41, 5.74) is -0.0445. The number of aromatic nitrogens is 4. The van der Waals surface area contributed by atoms with Gasteiger partial charge in [-0.25, -0.2) is 14.6 Å². The molecule has 7 nitrogen and oxygen atoms in total. The van der Waals surface area contributed by atoms with Crippen molar-refractivity contribution >= 4 is 27.4 Å². The third-order valence-corrected chi connectivity index (χ3v) is 5.15. The van der Waals surface area contributed by atoms with Crippen LogP contribution in [0.2, 0.25) is 0 Å². The highest BCUT2D eigenvalue weighted by molar-refractivity contribution is 7.16. The van der Waals surface area contributed by atoms with Crippen molar-refractivity contribution in [3.63, 3.8) is 0 Å². The molecule has 0 amide bonds. The summed E-state index contributed by atoms with van der Waals surface area (Å²) in [6.07, 6.45) is 3.30. The van der Waals surface area contributed by atoms with Gasteiger partial charge in [0.15, 0.2) is 0 Å². The largest absolute Gasteiger partial charge is 0.353 e. The minimum atomic E-state index is -0.0445. The van der Waals surface area contributed by atoms with E-state index in [4.69, 9.17) is 0 Å². The first-order chi connectivity index (χ1) is 11.8. The molecule has 3 aromatic heterocycles. The summed E-state index contributed by atoms with van der Waals surface area (Å²) in [7, 11) is 0. The molecule has 0 aliphatic carbocycles. The number of hydrogen-bond donors (Lipinski definition) is 0. The molecule has 124 valence electrons. The number of nitrogens with zero attached hydrogens (tertiary/aromatic N) is 6. The Bertz CT molecular complexity index is 883. The lowest BCUT2D eigenvalue weighted by molar-refractivity contribution is 0.242. The van der Waals surface area contributed by atoms with Gasteiger partial charge in [0.25, 0.3) is 5.56 Å². The third-order valence-electron chi connectivity index (χ3n) is 4.33. The molecule has 0 N–H and O–H groups in total. The third kappa shape index (κ3) is 3.02. The van der Waals surface area contributed by atoms with Crippen molar-refractivity contribution in [2.45, 2.75) is 6.54 Å². The highest BCUT2D eigenvalue weighted by Crippen LogP contribution is 2.27. The van der Waals surface area contributed by atoms with E-state index in [1.165, 1.54) is 4.68 Å². The predicted molar refractivity (Wildman–Crippen MR) is 94.6 cm³/mol. The fourth-order valence-corrected chi connectivity index (χ4v) is 3.73. The fourth-order valence-electron chi connectivity index (χ4n) is 3.00. The monoisotopic (exact) mass is 342 g/mol. The molecule has 0 atom stereocenters. The van der Waals surface area contributed by atoms with E-state index >= 15 is 0 Å². The van der Waals surface area contributed by atoms with Crippen LogP contribution in [-0.2, 0) is 6.54 Å². The highest BCUT2D eigenvalue weighted by atomic mass is 32.1. The maximum Gasteiger partial charge on any atom is 0.266 e. The Kier molecular flexibility index (Phi) is 4.22. The second kappa shape index (κ2) is 6.66. The topological polar surface area (TPSA) is 67.2 Å². The van der Waals surface area contributed by atoms with Gasteiger partial charge in [0.2, 0.25) is 0 Å². The molecule has 0 unspecified atom stereocenters. The van der Waals surface area contributed by atoms with Crippen LogP contribution in [-0.4, -0.2) is 57.4 Å². The zero-order valence-electron chi connectivity index (χ0n) is 13.2. The number of piperazine rings is 1. The average molecular weight is 342 g/mol. The lowest BCUT2D eigenvalue weighted by Gasteiger charge is -2.35. The van der Waals surface area contributed by atoms with Crippen LogP contribution in [0.15, 0.2) is 40.9 Å². The summed E-state index contributed by atoms with van der Waals surface area (Å²) in [6, 6.07) is 5.31. The van der Waals surface area contributed by atoms with Crippen molar-refractivity contribution in [1.29, 1.82) is 0 Å². The van der Waals surface area contributed by atoms with Gasteiger partial charge in [-0.3, -0.25) is 9.69 Å². The molecule has 1 fully saturated rings. The van der Waals surface area contributed by atoms with Crippen molar-refractivity contribution in [2.75, 3.05) is 37.6 Å². The fraction of sp³-hybridized carbons (Fsp3) is 0.375. The first-order valence-corrected chi connectivity index (χ1v) is 8.87. The number of hydrogen-bond acceptors (Lipinski definition) is 7. The molecule has 0 saturated carbocycles. The van der Waals surface area contributed by atoms with Gasteiger partial charge in [-0.1, -0.05) is 0 Å². The second-order valence-electron chi connectivity index (χ2n) is 5.75. The molecule has 4 rings (SSSR count). The first-order valence-electron chi connectivity index (χ1n) is 7.99. The van der Waals surface area contributed by atoms with Crippen LogP contribution >= 0.6 is 11.3 Å². The summed E-state index contributed by atoms with van der Waals surface area (Å²) in [4.78, 5) is 26.2. The summed E-state index contributed by atoms with van der Waals surface area (Å²) in [5.74, 6) is 1.03. The molecule has 1 aliphatic rings. The average Bonchev–Trinajstić information content (AvgIpc) is 3.10. The quantitative estimate of drug-likeness (QED) is 0.707. The Labute approximate surface area is 143 Å². The van der Waals surface area contributed by atoms with Crippen LogP contribution in [0, 0.1) is 0 Å². The Morgan fingerprint density at radius 3 is 2.79 bits per heavy atom. The van der Waals surface area contributed by atoms with Gasteiger partial charge in [0.05, 0.1) is 11.9 Å². The lowest BCUT2D eigenvalue weighted by Crippen LogP contribution is -2.48. The zero-order chi connectivity index (χ0) is 16.4. The van der Waals surface area contributed by atoms with E-state index in [1.807, 2.05) is 0 Å². The van der Waals surface area contributed by atoms with Gasteiger partial charge in [-0.15, -0.1) is 11.3 Å². The van der Waals surface area contributed by atoms with Crippen LogP contribution in [0.5, 0.6) is 0 Å². The van der Waals surface area contributed by atoms with E-state index in [0.29, 0.717) is 6.54 Å². The number of anilines is 1. The summed E-state index contributed by atoms with van der Waals surface area (Å²) < 4.78 is 1.52. The van der Waals surface area contributed by atoms with Gasteiger partial charge < -0.3 is 4.90 Å². The number of rotatable bonds is 4. The lowest BCUT2D eigenvalue weighted by atomic mass is 10.2. The summed E-state index contributed by atoms with van der Waals surface area (Å²) in [6.45, 7) is 5.23. The van der Waals surface area contributed by atoms with Crippen LogP contribution in [0.1, 0.15) is 0 Å². The summed E-state index contributed by atoms with van der Waals surface area (Å²) in [5, 5.41) is 7.30. The standard InChI is InChI=1S/C16H18N6OS/c23-14-2-1-4-19-22(14)10-7-20-5-8-21(9-6-20)15-13-3-11-24-16(13)18-12-17-15/h1-4,11-12H,5-10H2. The maximum absolute atomic E-state index is 11.7. The first kappa shape index (κ1) is 15.2. The molecule has 8 heteroatoms. The van der Waals surface area contributed by atoms with Gasteiger partial charge in [0.1, 0.15) is 17.0 Å². The molecule has 0 aromatic carbocycles. The smallest absolute Gasteiger partial charge is 0.266 e. The minimum Gasteiger partial charge on any atom is -0.353 e. The van der Waals surface area contributed by atoms with Crippen molar-refractivity contribution < 1.29 is 0 Å². The van der Waals surface area contributed by atoms with Gasteiger partial charge in [-0.05, 0) is 17.5 Å². The van der Waals surface area contributed by atoms with Gasteiger partial charge in [0, 0.05) is 45.0 Å². The van der Waals surface area contributed by atoms with Crippen molar-refractivity contribution in [1.82, 2.24) is 24.6 Å². The molecule has 0 spiro atoms. The van der Waals surface area contributed by atoms with Crippen LogP contribution < -0.4 is 10.5 Å². The Balaban J connectivity index is 1.38. The van der Waals surface area contributed by atoms with Crippen LogP contribution in [0.3, 0.4) is 0 Å². The van der Waals surface area contributed by atoms with E-state index in [2.05, 4.69) is 36.3 Å². The minimum absolute atomic E-state index is 0.0445. The molecular formula is C16H18N6OS. The van der Waals surface area contributed by atoms with Crippen LogP contribution in [0.25, 0.3) is 10.2 Å². The van der Waals surface area contributed by atoms with Crippen molar-refractivity contribution in [3.05, 3.63) is 46.5 Å². The zero-order valence-corrected chi connectivity index (χ0v) is 14.0. The molecule has 24 heavy (non-hydrogen) atoms. The Hall–Kier alpha value is -2.32. The molecule has 1 saturated heterocycles. The van der Waals surface area contributed by atoms with E-state index in [1.54, 1.807) is 36.0 Å². The molecular weight excluding hydrogens is 324 g/mol. The SMILES string of the molecule is O=c1cccnn1CCN1CCN(c2ncnc3sccc23)CC1.